The van der Waals surface area contributed by atoms with Crippen LogP contribution in [-0.2, 0) is 4.74 Å². The van der Waals surface area contributed by atoms with E-state index in [2.05, 4.69) is 9.88 Å². The molecular formula is C13H21N3O2. The molecule has 5 nitrogen and oxygen atoms in total. The minimum Gasteiger partial charge on any atom is -0.394 e. The van der Waals surface area contributed by atoms with Gasteiger partial charge in [-0.3, -0.25) is 9.88 Å². The van der Waals surface area contributed by atoms with Crippen LogP contribution in [0.5, 0.6) is 0 Å². The first-order chi connectivity index (χ1) is 8.72. The summed E-state index contributed by atoms with van der Waals surface area (Å²) in [7, 11) is 0. The molecule has 1 fully saturated rings. The Hall–Kier alpha value is -1.01. The quantitative estimate of drug-likeness (QED) is 0.798. The highest BCUT2D eigenvalue weighted by molar-refractivity contribution is 5.17. The second kappa shape index (κ2) is 6.24. The Kier molecular flexibility index (Phi) is 4.66. The number of ether oxygens (including phenoxy) is 1. The predicted octanol–water partition coefficient (Wildman–Crippen LogP) is 0.163. The summed E-state index contributed by atoms with van der Waals surface area (Å²) in [5.74, 6) is 0. The zero-order chi connectivity index (χ0) is 13.0. The molecule has 0 spiro atoms. The second-order valence-corrected chi connectivity index (χ2v) is 4.75. The van der Waals surface area contributed by atoms with Crippen molar-refractivity contribution >= 4 is 0 Å². The molecule has 1 aliphatic rings. The van der Waals surface area contributed by atoms with Gasteiger partial charge in [-0.2, -0.15) is 0 Å². The van der Waals surface area contributed by atoms with Crippen LogP contribution in [0.4, 0.5) is 0 Å². The van der Waals surface area contributed by atoms with Crippen LogP contribution in [0.25, 0.3) is 0 Å². The number of nitrogens with zero attached hydrogens (tertiary/aromatic N) is 2. The highest BCUT2D eigenvalue weighted by atomic mass is 16.5. The number of aliphatic hydroxyl groups excluding tert-OH is 1. The summed E-state index contributed by atoms with van der Waals surface area (Å²) in [6, 6.07) is 4.16. The number of hydrogen-bond donors (Lipinski definition) is 2. The van der Waals surface area contributed by atoms with Crippen molar-refractivity contribution in [3.8, 4) is 0 Å². The van der Waals surface area contributed by atoms with Gasteiger partial charge < -0.3 is 15.6 Å². The Morgan fingerprint density at radius 3 is 2.89 bits per heavy atom. The lowest BCUT2D eigenvalue weighted by Gasteiger charge is -2.39. The van der Waals surface area contributed by atoms with E-state index in [0.29, 0.717) is 13.2 Å². The lowest BCUT2D eigenvalue weighted by Crippen LogP contribution is -2.49. The Labute approximate surface area is 108 Å². The summed E-state index contributed by atoms with van der Waals surface area (Å²) < 4.78 is 5.48. The van der Waals surface area contributed by atoms with Crippen LogP contribution in [0.15, 0.2) is 24.5 Å². The second-order valence-electron chi connectivity index (χ2n) is 4.75. The van der Waals surface area contributed by atoms with Gasteiger partial charge >= 0.3 is 0 Å². The minimum atomic E-state index is -0.109. The summed E-state index contributed by atoms with van der Waals surface area (Å²) in [6.07, 6.45) is 3.46. The molecule has 1 aromatic heterocycles. The number of morpholine rings is 1. The number of rotatable bonds is 4. The van der Waals surface area contributed by atoms with Gasteiger partial charge in [0.2, 0.25) is 0 Å². The average molecular weight is 251 g/mol. The number of hydrogen-bond acceptors (Lipinski definition) is 5. The molecule has 0 bridgehead atoms. The molecule has 0 amide bonds. The van der Waals surface area contributed by atoms with Crippen LogP contribution in [0.3, 0.4) is 0 Å². The van der Waals surface area contributed by atoms with E-state index in [1.54, 1.807) is 12.4 Å². The van der Waals surface area contributed by atoms with Crippen LogP contribution in [0.1, 0.15) is 18.5 Å². The maximum Gasteiger partial charge on any atom is 0.0933 e. The molecule has 0 saturated carbocycles. The lowest BCUT2D eigenvalue weighted by molar-refractivity contribution is -0.0675. The molecule has 0 aliphatic carbocycles. The molecule has 1 aliphatic heterocycles. The number of pyridine rings is 1. The fraction of sp³-hybridized carbons (Fsp3) is 0.615. The fourth-order valence-corrected chi connectivity index (χ4v) is 2.51. The minimum absolute atomic E-state index is 0.0184. The summed E-state index contributed by atoms with van der Waals surface area (Å²) in [4.78, 5) is 6.32. The van der Waals surface area contributed by atoms with E-state index in [1.807, 2.05) is 19.1 Å². The van der Waals surface area contributed by atoms with E-state index in [4.69, 9.17) is 10.5 Å². The van der Waals surface area contributed by atoms with Crippen molar-refractivity contribution in [1.82, 2.24) is 9.88 Å². The number of nitrogens with two attached hydrogens (primary N) is 1. The Balaban J connectivity index is 2.15. The first-order valence-electron chi connectivity index (χ1n) is 6.34. The third-order valence-electron chi connectivity index (χ3n) is 3.31. The van der Waals surface area contributed by atoms with E-state index in [0.717, 1.165) is 6.54 Å². The molecule has 1 saturated heterocycles. The Morgan fingerprint density at radius 1 is 1.56 bits per heavy atom. The van der Waals surface area contributed by atoms with Crippen molar-refractivity contribution in [1.29, 1.82) is 0 Å². The van der Waals surface area contributed by atoms with Gasteiger partial charge in [-0.15, -0.1) is 0 Å². The van der Waals surface area contributed by atoms with E-state index in [9.17, 15) is 5.11 Å². The van der Waals surface area contributed by atoms with Crippen molar-refractivity contribution in [3.05, 3.63) is 30.1 Å². The normalized spacial score (nSPS) is 24.7. The third kappa shape index (κ3) is 3.05. The highest BCUT2D eigenvalue weighted by Gasteiger charge is 2.29. The first kappa shape index (κ1) is 13.4. The van der Waals surface area contributed by atoms with E-state index in [-0.39, 0.29) is 24.8 Å². The van der Waals surface area contributed by atoms with Gasteiger partial charge in [0.05, 0.1) is 19.3 Å². The molecule has 0 radical (unpaired) electrons. The van der Waals surface area contributed by atoms with E-state index in [1.165, 1.54) is 5.56 Å². The Bertz CT molecular complexity index is 359. The molecule has 0 aromatic carbocycles. The van der Waals surface area contributed by atoms with Crippen molar-refractivity contribution in [2.75, 3.05) is 26.3 Å². The molecule has 2 rings (SSSR count). The van der Waals surface area contributed by atoms with Gasteiger partial charge in [0.25, 0.3) is 0 Å². The maximum atomic E-state index is 9.21. The van der Waals surface area contributed by atoms with E-state index < -0.39 is 0 Å². The zero-order valence-electron chi connectivity index (χ0n) is 10.7. The first-order valence-corrected chi connectivity index (χ1v) is 6.34. The van der Waals surface area contributed by atoms with Gasteiger partial charge in [0, 0.05) is 37.6 Å². The third-order valence-corrected chi connectivity index (χ3v) is 3.31. The van der Waals surface area contributed by atoms with Crippen molar-refractivity contribution in [3.63, 3.8) is 0 Å². The van der Waals surface area contributed by atoms with Crippen LogP contribution < -0.4 is 5.73 Å². The smallest absolute Gasteiger partial charge is 0.0933 e. The van der Waals surface area contributed by atoms with Crippen molar-refractivity contribution in [2.45, 2.75) is 25.1 Å². The van der Waals surface area contributed by atoms with E-state index >= 15 is 0 Å². The van der Waals surface area contributed by atoms with Crippen molar-refractivity contribution < 1.29 is 9.84 Å². The lowest BCUT2D eigenvalue weighted by atomic mass is 9.99. The molecule has 100 valence electrons. The number of aromatic nitrogens is 1. The highest BCUT2D eigenvalue weighted by Crippen LogP contribution is 2.25. The van der Waals surface area contributed by atoms with Gasteiger partial charge in [0.15, 0.2) is 0 Å². The van der Waals surface area contributed by atoms with Gasteiger partial charge in [0.1, 0.15) is 0 Å². The molecule has 2 heterocycles. The van der Waals surface area contributed by atoms with Gasteiger partial charge in [-0.1, -0.05) is 0 Å². The number of aliphatic hydroxyl groups is 1. The van der Waals surface area contributed by atoms with Crippen LogP contribution in [0.2, 0.25) is 0 Å². The average Bonchev–Trinajstić information content (AvgIpc) is 2.40. The van der Waals surface area contributed by atoms with Gasteiger partial charge in [-0.25, -0.2) is 0 Å². The molecule has 18 heavy (non-hydrogen) atoms. The van der Waals surface area contributed by atoms with Crippen LogP contribution >= 0.6 is 0 Å². The molecular weight excluding hydrogens is 230 g/mol. The fourth-order valence-electron chi connectivity index (χ4n) is 2.51. The van der Waals surface area contributed by atoms with Crippen molar-refractivity contribution in [2.24, 2.45) is 5.73 Å². The predicted molar refractivity (Wildman–Crippen MR) is 69.0 cm³/mol. The summed E-state index contributed by atoms with van der Waals surface area (Å²) >= 11 is 0. The molecule has 3 N–H and O–H groups in total. The summed E-state index contributed by atoms with van der Waals surface area (Å²) in [5, 5.41) is 9.21. The topological polar surface area (TPSA) is 71.6 Å². The zero-order valence-corrected chi connectivity index (χ0v) is 10.7. The largest absolute Gasteiger partial charge is 0.394 e. The molecule has 3 atom stereocenters. The van der Waals surface area contributed by atoms with Gasteiger partial charge in [-0.05, 0) is 24.6 Å². The monoisotopic (exact) mass is 251 g/mol. The van der Waals surface area contributed by atoms with Crippen LogP contribution in [-0.4, -0.2) is 53.4 Å². The standard InChI is InChI=1S/C13H21N3O2/c1-10(14)13(11-2-4-15-5-3-11)16-6-7-18-12(8-16)9-17/h2-5,10,12-13,17H,6-9,14H2,1H3. The molecule has 1 aromatic rings. The maximum absolute atomic E-state index is 9.21. The summed E-state index contributed by atoms with van der Waals surface area (Å²) in [5.41, 5.74) is 7.29. The molecule has 5 heteroatoms. The SMILES string of the molecule is CC(N)C(c1ccncc1)N1CCOC(CO)C1. The molecule has 3 unspecified atom stereocenters. The van der Waals surface area contributed by atoms with Crippen LogP contribution in [0, 0.1) is 0 Å². The summed E-state index contributed by atoms with van der Waals surface area (Å²) in [6.45, 7) is 4.25. The Morgan fingerprint density at radius 2 is 2.28 bits per heavy atom.